The third-order valence-corrected chi connectivity index (χ3v) is 6.98. The Balaban J connectivity index is 1.56. The van der Waals surface area contributed by atoms with Gasteiger partial charge in [-0.3, -0.25) is 4.79 Å². The highest BCUT2D eigenvalue weighted by Gasteiger charge is 2.39. The van der Waals surface area contributed by atoms with E-state index in [2.05, 4.69) is 105 Å². The number of fused-ring (bicyclic) bond motifs is 2. The van der Waals surface area contributed by atoms with Crippen LogP contribution in [0.1, 0.15) is 61.4 Å². The number of rotatable bonds is 2. The van der Waals surface area contributed by atoms with Crippen LogP contribution in [0.15, 0.2) is 84.6 Å². The fourth-order valence-corrected chi connectivity index (χ4v) is 5.00. The Morgan fingerprint density at radius 2 is 1.45 bits per heavy atom. The highest BCUT2D eigenvalue weighted by atomic mass is 16.1. The maximum absolute atomic E-state index is 13.7. The number of anilines is 2. The van der Waals surface area contributed by atoms with Gasteiger partial charge >= 0.3 is 0 Å². The van der Waals surface area contributed by atoms with Crippen molar-refractivity contribution in [3.63, 3.8) is 0 Å². The summed E-state index contributed by atoms with van der Waals surface area (Å²) < 4.78 is 0. The summed E-state index contributed by atoms with van der Waals surface area (Å²) in [7, 11) is 0. The van der Waals surface area contributed by atoms with Crippen LogP contribution in [-0.2, 0) is 10.2 Å². The Hall–Kier alpha value is -3.33. The summed E-state index contributed by atoms with van der Waals surface area (Å²) in [5, 5.41) is 7.30. The first-order chi connectivity index (χ1) is 15.8. The Morgan fingerprint density at radius 3 is 2.12 bits per heavy atom. The van der Waals surface area contributed by atoms with Gasteiger partial charge in [-0.25, -0.2) is 0 Å². The first kappa shape index (κ1) is 21.5. The number of carbonyl (C=O) groups excluding carboxylic acids is 1. The minimum atomic E-state index is -0.245. The molecule has 2 N–H and O–H groups in total. The molecule has 5 rings (SSSR count). The summed E-state index contributed by atoms with van der Waals surface area (Å²) in [6.45, 7) is 8.77. The maximum Gasteiger partial charge on any atom is 0.145 e. The number of para-hydroxylation sites is 2. The zero-order chi connectivity index (χ0) is 23.2. The number of aryl methyl sites for hydroxylation is 1. The zero-order valence-electron chi connectivity index (χ0n) is 19.9. The first-order valence-corrected chi connectivity index (χ1v) is 11.8. The van der Waals surface area contributed by atoms with Crippen LogP contribution in [0, 0.1) is 12.8 Å². The summed E-state index contributed by atoms with van der Waals surface area (Å²) in [5.41, 5.74) is 8.01. The molecule has 2 aliphatic rings. The smallest absolute Gasteiger partial charge is 0.145 e. The third-order valence-electron chi connectivity index (χ3n) is 6.98. The number of nitrogens with one attached hydrogen (secondary N) is 2. The van der Waals surface area contributed by atoms with Crippen LogP contribution in [0.2, 0.25) is 0 Å². The van der Waals surface area contributed by atoms with Crippen molar-refractivity contribution in [3.8, 4) is 0 Å². The predicted octanol–water partition coefficient (Wildman–Crippen LogP) is 7.13. The van der Waals surface area contributed by atoms with Gasteiger partial charge in [0.1, 0.15) is 5.78 Å². The summed E-state index contributed by atoms with van der Waals surface area (Å²) >= 11 is 0. The molecule has 0 radical (unpaired) electrons. The standard InChI is InChI=1S/C30H32N2O/c1-19-9-11-21(12-10-19)29-28-26(31-24-7-5-6-8-25(24)32-29)17-22(18-27(28)33)20-13-15-23(16-14-20)30(2,3)4/h5-17,22,28-29,31-32H,18H2,1-4H3/t22-,28+,29+/m1/s1. The van der Waals surface area contributed by atoms with E-state index in [4.69, 9.17) is 0 Å². The first-order valence-electron chi connectivity index (χ1n) is 11.8. The van der Waals surface area contributed by atoms with Gasteiger partial charge in [0, 0.05) is 18.0 Å². The SMILES string of the molecule is Cc1ccc([C@@H]2Nc3ccccc3NC3=C[C@@H](c4ccc(C(C)(C)C)cc4)CC(=O)[C@H]32)cc1. The molecule has 0 aromatic heterocycles. The van der Waals surface area contributed by atoms with E-state index in [1.165, 1.54) is 16.7 Å². The Morgan fingerprint density at radius 1 is 0.818 bits per heavy atom. The fraction of sp³-hybridized carbons (Fsp3) is 0.300. The van der Waals surface area contributed by atoms with Crippen molar-refractivity contribution in [3.05, 3.63) is 107 Å². The number of hydrogen-bond donors (Lipinski definition) is 2. The van der Waals surface area contributed by atoms with Gasteiger partial charge in [-0.2, -0.15) is 0 Å². The average molecular weight is 437 g/mol. The molecular formula is C30H32N2O. The van der Waals surface area contributed by atoms with Crippen LogP contribution in [-0.4, -0.2) is 5.78 Å². The molecule has 0 amide bonds. The molecule has 3 atom stereocenters. The van der Waals surface area contributed by atoms with Gasteiger partial charge < -0.3 is 10.6 Å². The van der Waals surface area contributed by atoms with Gasteiger partial charge in [0.25, 0.3) is 0 Å². The van der Waals surface area contributed by atoms with Crippen molar-refractivity contribution in [1.82, 2.24) is 0 Å². The Kier molecular flexibility index (Phi) is 5.36. The lowest BCUT2D eigenvalue weighted by Crippen LogP contribution is -2.33. The van der Waals surface area contributed by atoms with Gasteiger partial charge in [0.2, 0.25) is 0 Å². The number of benzene rings is 3. The molecule has 3 heteroatoms. The molecule has 0 fully saturated rings. The van der Waals surface area contributed by atoms with Gasteiger partial charge in [-0.1, -0.05) is 93.1 Å². The van der Waals surface area contributed by atoms with E-state index in [-0.39, 0.29) is 29.1 Å². The van der Waals surface area contributed by atoms with Gasteiger partial charge in [0.05, 0.1) is 23.3 Å². The number of hydrogen-bond acceptors (Lipinski definition) is 3. The lowest BCUT2D eigenvalue weighted by Gasteiger charge is -2.32. The number of allylic oxidation sites excluding steroid dienone is 1. The molecular weight excluding hydrogens is 404 g/mol. The minimum Gasteiger partial charge on any atom is -0.375 e. The largest absolute Gasteiger partial charge is 0.375 e. The van der Waals surface area contributed by atoms with E-state index >= 15 is 0 Å². The van der Waals surface area contributed by atoms with Crippen molar-refractivity contribution < 1.29 is 4.79 Å². The molecule has 3 aromatic carbocycles. The van der Waals surface area contributed by atoms with Gasteiger partial charge in [-0.15, -0.1) is 0 Å². The monoisotopic (exact) mass is 436 g/mol. The molecule has 1 aliphatic carbocycles. The van der Waals surface area contributed by atoms with Crippen LogP contribution in [0.25, 0.3) is 0 Å². The topological polar surface area (TPSA) is 41.1 Å². The number of ketones is 1. The van der Waals surface area contributed by atoms with Gasteiger partial charge in [-0.05, 0) is 41.2 Å². The second-order valence-electron chi connectivity index (χ2n) is 10.5. The predicted molar refractivity (Wildman–Crippen MR) is 137 cm³/mol. The molecule has 0 unspecified atom stereocenters. The lowest BCUT2D eigenvalue weighted by atomic mass is 9.76. The van der Waals surface area contributed by atoms with Gasteiger partial charge in [0.15, 0.2) is 0 Å². The van der Waals surface area contributed by atoms with E-state index in [0.717, 1.165) is 22.6 Å². The van der Waals surface area contributed by atoms with Crippen molar-refractivity contribution >= 4 is 17.2 Å². The molecule has 33 heavy (non-hydrogen) atoms. The highest BCUT2D eigenvalue weighted by Crippen LogP contribution is 2.44. The maximum atomic E-state index is 13.7. The molecule has 168 valence electrons. The molecule has 0 spiro atoms. The van der Waals surface area contributed by atoms with Crippen LogP contribution in [0.3, 0.4) is 0 Å². The summed E-state index contributed by atoms with van der Waals surface area (Å²) in [6.07, 6.45) is 2.80. The molecule has 1 heterocycles. The van der Waals surface area contributed by atoms with Crippen molar-refractivity contribution in [1.29, 1.82) is 0 Å². The summed E-state index contributed by atoms with van der Waals surface area (Å²) in [6, 6.07) is 25.4. The molecule has 3 nitrogen and oxygen atoms in total. The van der Waals surface area contributed by atoms with Crippen LogP contribution < -0.4 is 10.6 Å². The normalized spacial score (nSPS) is 22.2. The molecule has 0 bridgehead atoms. The molecule has 0 saturated heterocycles. The van der Waals surface area contributed by atoms with Crippen molar-refractivity contribution in [2.75, 3.05) is 10.6 Å². The Labute approximate surface area is 196 Å². The number of carbonyl (C=O) groups is 1. The van der Waals surface area contributed by atoms with Crippen LogP contribution >= 0.6 is 0 Å². The second kappa shape index (κ2) is 8.22. The van der Waals surface area contributed by atoms with E-state index in [1.807, 2.05) is 12.1 Å². The average Bonchev–Trinajstić information content (AvgIpc) is 2.96. The second-order valence-corrected chi connectivity index (χ2v) is 10.5. The quantitative estimate of drug-likeness (QED) is 0.449. The van der Waals surface area contributed by atoms with E-state index in [1.54, 1.807) is 0 Å². The van der Waals surface area contributed by atoms with E-state index in [0.29, 0.717) is 6.42 Å². The minimum absolute atomic E-state index is 0.0780. The van der Waals surface area contributed by atoms with Crippen molar-refractivity contribution in [2.24, 2.45) is 5.92 Å². The van der Waals surface area contributed by atoms with E-state index < -0.39 is 0 Å². The molecule has 1 aliphatic heterocycles. The Bertz CT molecular complexity index is 1200. The summed E-state index contributed by atoms with van der Waals surface area (Å²) in [5.74, 6) is 0.107. The number of Topliss-reactive ketones (excluding diaryl/α,β-unsaturated/α-hetero) is 1. The van der Waals surface area contributed by atoms with Crippen molar-refractivity contribution in [2.45, 2.75) is 51.5 Å². The summed E-state index contributed by atoms with van der Waals surface area (Å²) in [4.78, 5) is 13.7. The lowest BCUT2D eigenvalue weighted by molar-refractivity contribution is -0.122. The third kappa shape index (κ3) is 4.20. The highest BCUT2D eigenvalue weighted by molar-refractivity contribution is 5.90. The molecule has 3 aromatic rings. The van der Waals surface area contributed by atoms with Crippen LogP contribution in [0.5, 0.6) is 0 Å². The van der Waals surface area contributed by atoms with Crippen LogP contribution in [0.4, 0.5) is 11.4 Å². The molecule has 0 saturated carbocycles. The zero-order valence-corrected chi connectivity index (χ0v) is 19.9. The van der Waals surface area contributed by atoms with E-state index in [9.17, 15) is 4.79 Å². The fourth-order valence-electron chi connectivity index (χ4n) is 5.00.